The van der Waals surface area contributed by atoms with Gasteiger partial charge in [0.15, 0.2) is 0 Å². The van der Waals surface area contributed by atoms with E-state index in [0.717, 1.165) is 37.2 Å². The van der Waals surface area contributed by atoms with E-state index >= 15 is 0 Å². The Morgan fingerprint density at radius 1 is 0.818 bits per heavy atom. The van der Waals surface area contributed by atoms with Crippen molar-refractivity contribution in [1.82, 2.24) is 4.90 Å². The second-order valence-corrected chi connectivity index (χ2v) is 9.00. The minimum Gasteiger partial charge on any atom is -0.325 e. The van der Waals surface area contributed by atoms with Gasteiger partial charge in [0.1, 0.15) is 5.92 Å². The van der Waals surface area contributed by atoms with Crippen molar-refractivity contribution in [2.24, 2.45) is 5.92 Å². The second kappa shape index (κ2) is 10.1. The number of urea groups is 1. The van der Waals surface area contributed by atoms with Crippen molar-refractivity contribution in [2.75, 3.05) is 35.2 Å². The standard InChI is InChI=1S/C26H32N4O3/c1-18-7-12-22(17-19(18)2)30-16-13-23(25(30)32)24(31)27-20-8-10-21(11-9-20)28-26(33)29-14-5-3-4-6-15-29/h7-12,17,23H,3-6,13-16H2,1-2H3,(H,27,31)(H,28,33). The Balaban J connectivity index is 1.33. The maximum absolute atomic E-state index is 12.9. The first-order chi connectivity index (χ1) is 15.9. The van der Waals surface area contributed by atoms with Gasteiger partial charge >= 0.3 is 6.03 Å². The van der Waals surface area contributed by atoms with Crippen molar-refractivity contribution in [3.8, 4) is 0 Å². The molecule has 2 aliphatic rings. The number of rotatable bonds is 4. The number of nitrogens with zero attached hydrogens (tertiary/aromatic N) is 2. The molecule has 2 fully saturated rings. The van der Waals surface area contributed by atoms with Crippen LogP contribution in [0.15, 0.2) is 42.5 Å². The molecule has 0 aliphatic carbocycles. The molecule has 2 N–H and O–H groups in total. The first-order valence-corrected chi connectivity index (χ1v) is 11.8. The van der Waals surface area contributed by atoms with E-state index in [1.54, 1.807) is 29.2 Å². The number of hydrogen-bond acceptors (Lipinski definition) is 3. The molecule has 4 amide bonds. The lowest BCUT2D eigenvalue weighted by Gasteiger charge is -2.21. The molecule has 0 spiro atoms. The number of amides is 4. The Bertz CT molecular complexity index is 1030. The van der Waals surface area contributed by atoms with E-state index in [1.165, 1.54) is 18.4 Å². The van der Waals surface area contributed by atoms with Crippen molar-refractivity contribution in [1.29, 1.82) is 0 Å². The number of benzene rings is 2. The van der Waals surface area contributed by atoms with Crippen LogP contribution >= 0.6 is 0 Å². The van der Waals surface area contributed by atoms with E-state index in [1.807, 2.05) is 36.9 Å². The highest BCUT2D eigenvalue weighted by molar-refractivity contribution is 6.13. The Morgan fingerprint density at radius 2 is 1.45 bits per heavy atom. The fraction of sp³-hybridized carbons (Fsp3) is 0.423. The van der Waals surface area contributed by atoms with Crippen molar-refractivity contribution < 1.29 is 14.4 Å². The number of carbonyl (C=O) groups is 3. The van der Waals surface area contributed by atoms with E-state index in [0.29, 0.717) is 24.3 Å². The van der Waals surface area contributed by atoms with Gasteiger partial charge in [-0.1, -0.05) is 18.9 Å². The molecular weight excluding hydrogens is 416 g/mol. The Hall–Kier alpha value is -3.35. The van der Waals surface area contributed by atoms with Gasteiger partial charge in [0, 0.05) is 36.7 Å². The third-order valence-electron chi connectivity index (χ3n) is 6.62. The van der Waals surface area contributed by atoms with Crippen LogP contribution in [-0.4, -0.2) is 42.4 Å². The smallest absolute Gasteiger partial charge is 0.321 e. The monoisotopic (exact) mass is 448 g/mol. The van der Waals surface area contributed by atoms with Gasteiger partial charge in [-0.3, -0.25) is 9.59 Å². The van der Waals surface area contributed by atoms with Gasteiger partial charge in [0.25, 0.3) is 0 Å². The molecule has 0 saturated carbocycles. The van der Waals surface area contributed by atoms with Gasteiger partial charge in [-0.2, -0.15) is 0 Å². The highest BCUT2D eigenvalue weighted by atomic mass is 16.2. The second-order valence-electron chi connectivity index (χ2n) is 9.00. The zero-order valence-electron chi connectivity index (χ0n) is 19.4. The Kier molecular flexibility index (Phi) is 6.96. The van der Waals surface area contributed by atoms with Crippen LogP contribution in [0.25, 0.3) is 0 Å². The molecule has 2 saturated heterocycles. The molecular formula is C26H32N4O3. The maximum Gasteiger partial charge on any atom is 0.321 e. The molecule has 0 bridgehead atoms. The van der Waals surface area contributed by atoms with Crippen LogP contribution in [0.2, 0.25) is 0 Å². The van der Waals surface area contributed by atoms with Gasteiger partial charge in [-0.15, -0.1) is 0 Å². The molecule has 4 rings (SSSR count). The summed E-state index contributed by atoms with van der Waals surface area (Å²) in [6.07, 6.45) is 4.91. The Morgan fingerprint density at radius 3 is 2.09 bits per heavy atom. The lowest BCUT2D eigenvalue weighted by Crippen LogP contribution is -2.35. The van der Waals surface area contributed by atoms with Crippen molar-refractivity contribution >= 4 is 34.9 Å². The molecule has 1 atom stereocenters. The molecule has 33 heavy (non-hydrogen) atoms. The van der Waals surface area contributed by atoms with E-state index in [-0.39, 0.29) is 17.8 Å². The molecule has 2 heterocycles. The molecule has 2 aliphatic heterocycles. The minimum atomic E-state index is -0.700. The SMILES string of the molecule is Cc1ccc(N2CCC(C(=O)Nc3ccc(NC(=O)N4CCCCCC4)cc3)C2=O)cc1C. The van der Waals surface area contributed by atoms with Gasteiger partial charge in [0.2, 0.25) is 11.8 Å². The van der Waals surface area contributed by atoms with E-state index < -0.39 is 5.92 Å². The molecule has 2 aromatic rings. The lowest BCUT2D eigenvalue weighted by atomic mass is 10.1. The first kappa shape index (κ1) is 22.8. The van der Waals surface area contributed by atoms with Crippen molar-refractivity contribution in [3.05, 3.63) is 53.6 Å². The van der Waals surface area contributed by atoms with Crippen LogP contribution < -0.4 is 15.5 Å². The summed E-state index contributed by atoms with van der Waals surface area (Å²) in [5, 5.41) is 5.78. The van der Waals surface area contributed by atoms with Crippen LogP contribution in [0.3, 0.4) is 0 Å². The summed E-state index contributed by atoms with van der Waals surface area (Å²) >= 11 is 0. The van der Waals surface area contributed by atoms with Crippen molar-refractivity contribution in [2.45, 2.75) is 46.0 Å². The number of carbonyl (C=O) groups excluding carboxylic acids is 3. The number of anilines is 3. The first-order valence-electron chi connectivity index (χ1n) is 11.8. The predicted molar refractivity (Wildman–Crippen MR) is 131 cm³/mol. The van der Waals surface area contributed by atoms with Gasteiger partial charge < -0.3 is 20.4 Å². The molecule has 174 valence electrons. The topological polar surface area (TPSA) is 81.8 Å². The molecule has 0 aromatic heterocycles. The van der Waals surface area contributed by atoms with Crippen LogP contribution in [0.4, 0.5) is 21.9 Å². The lowest BCUT2D eigenvalue weighted by molar-refractivity contribution is -0.129. The molecule has 1 unspecified atom stereocenters. The largest absolute Gasteiger partial charge is 0.325 e. The van der Waals surface area contributed by atoms with Crippen LogP contribution in [0.1, 0.15) is 43.2 Å². The van der Waals surface area contributed by atoms with Gasteiger partial charge in [0.05, 0.1) is 0 Å². The van der Waals surface area contributed by atoms with E-state index in [4.69, 9.17) is 0 Å². The quantitative estimate of drug-likeness (QED) is 0.665. The van der Waals surface area contributed by atoms with Crippen molar-refractivity contribution in [3.63, 3.8) is 0 Å². The number of likely N-dealkylation sites (tertiary alicyclic amines) is 1. The van der Waals surface area contributed by atoms with E-state index in [2.05, 4.69) is 10.6 Å². The number of nitrogens with one attached hydrogen (secondary N) is 2. The average molecular weight is 449 g/mol. The fourth-order valence-electron chi connectivity index (χ4n) is 4.42. The van der Waals surface area contributed by atoms with Crippen LogP contribution in [0.5, 0.6) is 0 Å². The molecule has 7 heteroatoms. The normalized spacial score (nSPS) is 18.7. The maximum atomic E-state index is 12.9. The number of hydrogen-bond donors (Lipinski definition) is 2. The summed E-state index contributed by atoms with van der Waals surface area (Å²) in [5.41, 5.74) is 4.41. The molecule has 7 nitrogen and oxygen atoms in total. The summed E-state index contributed by atoms with van der Waals surface area (Å²) < 4.78 is 0. The highest BCUT2D eigenvalue weighted by Crippen LogP contribution is 2.28. The number of aryl methyl sites for hydroxylation is 2. The summed E-state index contributed by atoms with van der Waals surface area (Å²) in [6.45, 7) is 6.15. The summed E-state index contributed by atoms with van der Waals surface area (Å²) in [7, 11) is 0. The summed E-state index contributed by atoms with van der Waals surface area (Å²) in [5.74, 6) is -1.17. The van der Waals surface area contributed by atoms with Gasteiger partial charge in [-0.25, -0.2) is 4.79 Å². The Labute approximate surface area is 195 Å². The van der Waals surface area contributed by atoms with E-state index in [9.17, 15) is 14.4 Å². The summed E-state index contributed by atoms with van der Waals surface area (Å²) in [4.78, 5) is 41.7. The predicted octanol–water partition coefficient (Wildman–Crippen LogP) is 4.70. The highest BCUT2D eigenvalue weighted by Gasteiger charge is 2.37. The molecule has 0 radical (unpaired) electrons. The fourth-order valence-corrected chi connectivity index (χ4v) is 4.42. The zero-order valence-corrected chi connectivity index (χ0v) is 19.4. The van der Waals surface area contributed by atoms with Gasteiger partial charge in [-0.05, 0) is 80.6 Å². The molecule has 2 aromatic carbocycles. The zero-order chi connectivity index (χ0) is 23.4. The van der Waals surface area contributed by atoms with Crippen LogP contribution in [-0.2, 0) is 9.59 Å². The third kappa shape index (κ3) is 5.35. The summed E-state index contributed by atoms with van der Waals surface area (Å²) in [6, 6.07) is 12.9. The minimum absolute atomic E-state index is 0.0864. The average Bonchev–Trinajstić information content (AvgIpc) is 3.00. The van der Waals surface area contributed by atoms with Crippen LogP contribution in [0, 0.1) is 19.8 Å². The third-order valence-corrected chi connectivity index (χ3v) is 6.62.